The van der Waals surface area contributed by atoms with Crippen LogP contribution in [0.4, 0.5) is 5.69 Å². The van der Waals surface area contributed by atoms with Crippen LogP contribution < -0.4 is 4.90 Å². The summed E-state index contributed by atoms with van der Waals surface area (Å²) < 4.78 is 0. The Balaban J connectivity index is 2.07. The quantitative estimate of drug-likeness (QED) is 0.739. The highest BCUT2D eigenvalue weighted by Gasteiger charge is 2.34. The molecule has 1 aromatic rings. The highest BCUT2D eigenvalue weighted by Crippen LogP contribution is 2.37. The van der Waals surface area contributed by atoms with Crippen molar-refractivity contribution in [2.45, 2.75) is 19.8 Å². The monoisotopic (exact) mass is 203 g/mol. The lowest BCUT2D eigenvalue weighted by Crippen LogP contribution is -2.32. The number of benzene rings is 1. The Labute approximate surface area is 90.9 Å². The Kier molecular flexibility index (Phi) is 2.76. The molecule has 0 N–H and O–H groups in total. The molecule has 15 heavy (non-hydrogen) atoms. The lowest BCUT2D eigenvalue weighted by atomic mass is 10.0. The van der Waals surface area contributed by atoms with Gasteiger partial charge < -0.3 is 4.90 Å². The minimum absolute atomic E-state index is 0.176. The van der Waals surface area contributed by atoms with Gasteiger partial charge in [0.05, 0.1) is 0 Å². The zero-order chi connectivity index (χ0) is 10.8. The van der Waals surface area contributed by atoms with Crippen LogP contribution in [0, 0.1) is 11.8 Å². The van der Waals surface area contributed by atoms with Gasteiger partial charge in [0.25, 0.3) is 0 Å². The lowest BCUT2D eigenvalue weighted by molar-refractivity contribution is -0.122. The van der Waals surface area contributed by atoms with E-state index < -0.39 is 0 Å². The summed E-state index contributed by atoms with van der Waals surface area (Å²) in [5, 5.41) is 0. The van der Waals surface area contributed by atoms with E-state index in [1.165, 1.54) is 12.8 Å². The van der Waals surface area contributed by atoms with E-state index in [2.05, 4.69) is 0 Å². The summed E-state index contributed by atoms with van der Waals surface area (Å²) in [7, 11) is 1.86. The zero-order valence-corrected chi connectivity index (χ0v) is 9.31. The Morgan fingerprint density at radius 3 is 2.47 bits per heavy atom. The number of para-hydroxylation sites is 1. The van der Waals surface area contributed by atoms with Crippen LogP contribution in [-0.2, 0) is 4.79 Å². The third-order valence-corrected chi connectivity index (χ3v) is 3.19. The normalized spacial score (nSPS) is 17.2. The molecule has 1 unspecified atom stereocenters. The van der Waals surface area contributed by atoms with E-state index in [9.17, 15) is 4.79 Å². The number of rotatable bonds is 3. The summed E-state index contributed by atoms with van der Waals surface area (Å²) in [4.78, 5) is 13.8. The van der Waals surface area contributed by atoms with Crippen LogP contribution in [0.5, 0.6) is 0 Å². The molecule has 0 aliphatic heterocycles. The van der Waals surface area contributed by atoms with Crippen molar-refractivity contribution in [3.8, 4) is 0 Å². The van der Waals surface area contributed by atoms with Crippen LogP contribution in [0.25, 0.3) is 0 Å². The summed E-state index contributed by atoms with van der Waals surface area (Å²) in [6, 6.07) is 9.82. The van der Waals surface area contributed by atoms with Gasteiger partial charge in [0, 0.05) is 18.7 Å². The molecule has 1 amide bonds. The maximum Gasteiger partial charge on any atom is 0.229 e. The first-order valence-corrected chi connectivity index (χ1v) is 5.53. The molecule has 0 radical (unpaired) electrons. The highest BCUT2D eigenvalue weighted by molar-refractivity contribution is 5.94. The topological polar surface area (TPSA) is 20.3 Å². The minimum Gasteiger partial charge on any atom is -0.315 e. The summed E-state index contributed by atoms with van der Waals surface area (Å²) in [6.45, 7) is 2.04. The summed E-state index contributed by atoms with van der Waals surface area (Å²) >= 11 is 0. The van der Waals surface area contributed by atoms with Crippen LogP contribution >= 0.6 is 0 Å². The number of amides is 1. The fraction of sp³-hybridized carbons (Fsp3) is 0.462. The number of carbonyl (C=O) groups is 1. The average molecular weight is 203 g/mol. The highest BCUT2D eigenvalue weighted by atomic mass is 16.2. The third-order valence-electron chi connectivity index (χ3n) is 3.19. The van der Waals surface area contributed by atoms with Gasteiger partial charge in [-0.25, -0.2) is 0 Å². The standard InChI is InChI=1S/C13H17NO/c1-10(11-8-9-11)13(15)14(2)12-6-4-3-5-7-12/h3-7,10-11H,8-9H2,1-2H3. The summed E-state index contributed by atoms with van der Waals surface area (Å²) in [5.74, 6) is 1.04. The summed E-state index contributed by atoms with van der Waals surface area (Å²) in [5.41, 5.74) is 0.981. The van der Waals surface area contributed by atoms with E-state index in [0.29, 0.717) is 5.92 Å². The number of hydrogen-bond donors (Lipinski definition) is 0. The van der Waals surface area contributed by atoms with Crippen molar-refractivity contribution in [1.82, 2.24) is 0 Å². The Bertz CT molecular complexity index is 343. The summed E-state index contributed by atoms with van der Waals surface area (Å²) in [6.07, 6.45) is 2.44. The molecular formula is C13H17NO. The maximum absolute atomic E-state index is 12.1. The van der Waals surface area contributed by atoms with Crippen molar-refractivity contribution < 1.29 is 4.79 Å². The van der Waals surface area contributed by atoms with E-state index >= 15 is 0 Å². The van der Waals surface area contributed by atoms with E-state index in [0.717, 1.165) is 5.69 Å². The molecule has 1 aliphatic carbocycles. The van der Waals surface area contributed by atoms with Crippen molar-refractivity contribution >= 4 is 11.6 Å². The molecular weight excluding hydrogens is 186 g/mol. The molecule has 80 valence electrons. The molecule has 2 heteroatoms. The van der Waals surface area contributed by atoms with E-state index in [-0.39, 0.29) is 11.8 Å². The van der Waals surface area contributed by atoms with Gasteiger partial charge in [-0.3, -0.25) is 4.79 Å². The fourth-order valence-electron chi connectivity index (χ4n) is 1.88. The average Bonchev–Trinajstić information content (AvgIpc) is 3.11. The molecule has 0 heterocycles. The molecule has 2 rings (SSSR count). The maximum atomic E-state index is 12.1. The molecule has 2 nitrogen and oxygen atoms in total. The number of anilines is 1. The van der Waals surface area contributed by atoms with Crippen molar-refractivity contribution in [3.63, 3.8) is 0 Å². The molecule has 0 bridgehead atoms. The number of carbonyl (C=O) groups excluding carboxylic acids is 1. The predicted octanol–water partition coefficient (Wildman–Crippen LogP) is 2.70. The molecule has 1 aromatic carbocycles. The first-order valence-electron chi connectivity index (χ1n) is 5.53. The number of hydrogen-bond acceptors (Lipinski definition) is 1. The fourth-order valence-corrected chi connectivity index (χ4v) is 1.88. The van der Waals surface area contributed by atoms with E-state index in [1.807, 2.05) is 44.3 Å². The van der Waals surface area contributed by atoms with Crippen LogP contribution in [0.15, 0.2) is 30.3 Å². The Hall–Kier alpha value is -1.31. The first-order chi connectivity index (χ1) is 7.20. The van der Waals surface area contributed by atoms with Gasteiger partial charge in [0.15, 0.2) is 0 Å². The third kappa shape index (κ3) is 2.20. The Morgan fingerprint density at radius 1 is 1.33 bits per heavy atom. The van der Waals surface area contributed by atoms with Crippen LogP contribution in [-0.4, -0.2) is 13.0 Å². The van der Waals surface area contributed by atoms with Gasteiger partial charge >= 0.3 is 0 Å². The predicted molar refractivity (Wildman–Crippen MR) is 61.7 cm³/mol. The van der Waals surface area contributed by atoms with Crippen LogP contribution in [0.3, 0.4) is 0 Å². The first kappa shape index (κ1) is 10.2. The second-order valence-corrected chi connectivity index (χ2v) is 4.36. The van der Waals surface area contributed by atoms with Gasteiger partial charge in [-0.2, -0.15) is 0 Å². The van der Waals surface area contributed by atoms with Gasteiger partial charge in [0.1, 0.15) is 0 Å². The van der Waals surface area contributed by atoms with Gasteiger partial charge in [0.2, 0.25) is 5.91 Å². The molecule has 1 aliphatic rings. The second-order valence-electron chi connectivity index (χ2n) is 4.36. The van der Waals surface area contributed by atoms with Gasteiger partial charge in [-0.05, 0) is 30.9 Å². The van der Waals surface area contributed by atoms with Crippen molar-refractivity contribution in [3.05, 3.63) is 30.3 Å². The largest absolute Gasteiger partial charge is 0.315 e. The molecule has 0 spiro atoms. The molecule has 0 saturated heterocycles. The smallest absolute Gasteiger partial charge is 0.229 e. The van der Waals surface area contributed by atoms with Crippen LogP contribution in [0.2, 0.25) is 0 Å². The van der Waals surface area contributed by atoms with Crippen molar-refractivity contribution in [2.24, 2.45) is 11.8 Å². The van der Waals surface area contributed by atoms with E-state index in [1.54, 1.807) is 4.90 Å². The van der Waals surface area contributed by atoms with Crippen molar-refractivity contribution in [1.29, 1.82) is 0 Å². The van der Waals surface area contributed by atoms with Gasteiger partial charge in [-0.15, -0.1) is 0 Å². The van der Waals surface area contributed by atoms with Crippen molar-refractivity contribution in [2.75, 3.05) is 11.9 Å². The zero-order valence-electron chi connectivity index (χ0n) is 9.31. The SMILES string of the molecule is CC(C(=O)N(C)c1ccccc1)C1CC1. The second kappa shape index (κ2) is 4.05. The van der Waals surface area contributed by atoms with Gasteiger partial charge in [-0.1, -0.05) is 25.1 Å². The minimum atomic E-state index is 0.176. The van der Waals surface area contributed by atoms with E-state index in [4.69, 9.17) is 0 Å². The molecule has 1 saturated carbocycles. The lowest BCUT2D eigenvalue weighted by Gasteiger charge is -2.21. The number of nitrogens with zero attached hydrogens (tertiary/aromatic N) is 1. The Morgan fingerprint density at radius 2 is 1.93 bits per heavy atom. The molecule has 0 aromatic heterocycles. The molecule has 1 fully saturated rings. The van der Waals surface area contributed by atoms with Crippen LogP contribution in [0.1, 0.15) is 19.8 Å². The molecule has 1 atom stereocenters.